The van der Waals surface area contributed by atoms with E-state index < -0.39 is 11.7 Å². The zero-order chi connectivity index (χ0) is 17.7. The molecule has 0 aromatic heterocycles. The van der Waals surface area contributed by atoms with Crippen molar-refractivity contribution < 1.29 is 23.4 Å². The second-order valence-corrected chi connectivity index (χ2v) is 5.92. The molecule has 0 bridgehead atoms. The number of hydrogen-bond donors (Lipinski definition) is 1. The van der Waals surface area contributed by atoms with Crippen LogP contribution < -0.4 is 19.5 Å². The molecule has 2 aromatic rings. The minimum absolute atomic E-state index is 0.0194. The summed E-state index contributed by atoms with van der Waals surface area (Å²) >= 11 is 9.14. The van der Waals surface area contributed by atoms with Crippen molar-refractivity contribution in [1.29, 1.82) is 0 Å². The highest BCUT2D eigenvalue weighted by Crippen LogP contribution is 2.35. The third-order valence-electron chi connectivity index (χ3n) is 3.00. The van der Waals surface area contributed by atoms with Gasteiger partial charge < -0.3 is 19.5 Å². The number of halogens is 3. The Bertz CT molecular complexity index is 757. The highest BCUT2D eigenvalue weighted by molar-refractivity contribution is 9.10. The van der Waals surface area contributed by atoms with Crippen LogP contribution >= 0.6 is 27.5 Å². The molecule has 1 N–H and O–H groups in total. The van der Waals surface area contributed by atoms with Crippen LogP contribution in [0.1, 0.15) is 0 Å². The van der Waals surface area contributed by atoms with E-state index in [-0.39, 0.29) is 12.4 Å². The molecule has 0 spiro atoms. The van der Waals surface area contributed by atoms with E-state index in [0.717, 1.165) is 0 Å². The van der Waals surface area contributed by atoms with Crippen molar-refractivity contribution in [3.8, 4) is 17.2 Å². The van der Waals surface area contributed by atoms with Gasteiger partial charge >= 0.3 is 0 Å². The minimum atomic E-state index is -0.567. The Kier molecular flexibility index (Phi) is 6.28. The maximum atomic E-state index is 13.7. The Morgan fingerprint density at radius 3 is 2.50 bits per heavy atom. The maximum Gasteiger partial charge on any atom is 0.262 e. The van der Waals surface area contributed by atoms with E-state index in [0.29, 0.717) is 26.7 Å². The number of nitrogens with one attached hydrogen (secondary N) is 1. The molecule has 0 fully saturated rings. The largest absolute Gasteiger partial charge is 0.495 e. The third-order valence-corrected chi connectivity index (χ3v) is 3.79. The molecular formula is C16H14BrClFNO4. The normalized spacial score (nSPS) is 10.2. The summed E-state index contributed by atoms with van der Waals surface area (Å²) in [5, 5.41) is 2.95. The number of carbonyl (C=O) groups excluding carboxylic acids is 1. The number of methoxy groups -OCH3 is 2. The van der Waals surface area contributed by atoms with Gasteiger partial charge in [-0.2, -0.15) is 0 Å². The fraction of sp³-hybridized carbons (Fsp3) is 0.188. The number of carbonyl (C=O) groups is 1. The SMILES string of the molecule is COc1cc(NC(=O)COc2ccc(Br)cc2F)c(OC)cc1Cl. The van der Waals surface area contributed by atoms with Crippen LogP contribution in [0, 0.1) is 5.82 Å². The Morgan fingerprint density at radius 1 is 1.17 bits per heavy atom. The molecule has 0 heterocycles. The van der Waals surface area contributed by atoms with E-state index in [4.69, 9.17) is 25.8 Å². The number of ether oxygens (including phenoxy) is 3. The molecule has 2 aromatic carbocycles. The van der Waals surface area contributed by atoms with Crippen molar-refractivity contribution in [3.63, 3.8) is 0 Å². The predicted molar refractivity (Wildman–Crippen MR) is 92.8 cm³/mol. The van der Waals surface area contributed by atoms with E-state index in [1.54, 1.807) is 6.07 Å². The van der Waals surface area contributed by atoms with Crippen LogP contribution in [0.3, 0.4) is 0 Å². The zero-order valence-corrected chi connectivity index (χ0v) is 15.2. The Labute approximate surface area is 151 Å². The van der Waals surface area contributed by atoms with Gasteiger partial charge in [-0.05, 0) is 18.2 Å². The maximum absolute atomic E-state index is 13.7. The van der Waals surface area contributed by atoms with Crippen LogP contribution in [0.4, 0.5) is 10.1 Å². The Hall–Kier alpha value is -1.99. The van der Waals surface area contributed by atoms with Crippen LogP contribution in [0.15, 0.2) is 34.8 Å². The average molecular weight is 419 g/mol. The second-order valence-electron chi connectivity index (χ2n) is 4.60. The van der Waals surface area contributed by atoms with E-state index in [9.17, 15) is 9.18 Å². The minimum Gasteiger partial charge on any atom is -0.495 e. The van der Waals surface area contributed by atoms with Crippen molar-refractivity contribution in [2.24, 2.45) is 0 Å². The molecule has 2 rings (SSSR count). The second kappa shape index (κ2) is 8.21. The number of rotatable bonds is 6. The highest BCUT2D eigenvalue weighted by atomic mass is 79.9. The summed E-state index contributed by atoms with van der Waals surface area (Å²) in [7, 11) is 2.90. The molecular weight excluding hydrogens is 405 g/mol. The van der Waals surface area contributed by atoms with Crippen molar-refractivity contribution in [2.75, 3.05) is 26.1 Å². The fourth-order valence-corrected chi connectivity index (χ4v) is 2.44. The first-order valence-electron chi connectivity index (χ1n) is 6.73. The van der Waals surface area contributed by atoms with E-state index in [1.165, 1.54) is 38.5 Å². The first-order valence-corrected chi connectivity index (χ1v) is 7.91. The van der Waals surface area contributed by atoms with Crippen LogP contribution in [0.25, 0.3) is 0 Å². The topological polar surface area (TPSA) is 56.8 Å². The highest BCUT2D eigenvalue weighted by Gasteiger charge is 2.13. The standard InChI is InChI=1S/C16H14BrClFNO4/c1-22-14-7-12(15(23-2)6-10(14)18)20-16(21)8-24-13-4-3-9(17)5-11(13)19/h3-7H,8H2,1-2H3,(H,20,21). The molecule has 0 unspecified atom stereocenters. The third kappa shape index (κ3) is 4.52. The Morgan fingerprint density at radius 2 is 1.88 bits per heavy atom. The predicted octanol–water partition coefficient (Wildman–Crippen LogP) is 4.28. The lowest BCUT2D eigenvalue weighted by atomic mass is 10.2. The average Bonchev–Trinajstić information content (AvgIpc) is 2.55. The lowest BCUT2D eigenvalue weighted by molar-refractivity contribution is -0.118. The molecule has 0 aliphatic heterocycles. The van der Waals surface area contributed by atoms with Crippen LogP contribution in [-0.4, -0.2) is 26.7 Å². The zero-order valence-electron chi connectivity index (χ0n) is 12.9. The molecule has 0 saturated heterocycles. The van der Waals surface area contributed by atoms with Gasteiger partial charge in [0.15, 0.2) is 18.2 Å². The first-order chi connectivity index (χ1) is 11.4. The number of anilines is 1. The summed E-state index contributed by atoms with van der Waals surface area (Å²) in [5.41, 5.74) is 0.364. The van der Waals surface area contributed by atoms with E-state index in [1.807, 2.05) is 0 Å². The van der Waals surface area contributed by atoms with Crippen LogP contribution in [0.2, 0.25) is 5.02 Å². The Balaban J connectivity index is 2.06. The summed E-state index contributed by atoms with van der Waals surface area (Å²) in [6, 6.07) is 7.34. The lowest BCUT2D eigenvalue weighted by Gasteiger charge is -2.13. The van der Waals surface area contributed by atoms with Crippen LogP contribution in [-0.2, 0) is 4.79 Å². The number of benzene rings is 2. The molecule has 0 aliphatic carbocycles. The molecule has 5 nitrogen and oxygen atoms in total. The van der Waals surface area contributed by atoms with Gasteiger partial charge in [0.2, 0.25) is 0 Å². The van der Waals surface area contributed by atoms with Gasteiger partial charge in [-0.1, -0.05) is 27.5 Å². The molecule has 0 saturated carbocycles. The fourth-order valence-electron chi connectivity index (χ4n) is 1.88. The summed E-state index contributed by atoms with van der Waals surface area (Å²) < 4.78 is 29.7. The van der Waals surface area contributed by atoms with Gasteiger partial charge in [0, 0.05) is 16.6 Å². The summed E-state index contributed by atoms with van der Waals surface area (Å²) in [5.74, 6) is -0.325. The monoisotopic (exact) mass is 417 g/mol. The van der Waals surface area contributed by atoms with Gasteiger partial charge in [-0.15, -0.1) is 0 Å². The van der Waals surface area contributed by atoms with Crippen molar-refractivity contribution in [2.45, 2.75) is 0 Å². The first kappa shape index (κ1) is 18.4. The van der Waals surface area contributed by atoms with Gasteiger partial charge in [0.05, 0.1) is 24.9 Å². The van der Waals surface area contributed by atoms with Gasteiger partial charge in [-0.25, -0.2) is 4.39 Å². The summed E-state index contributed by atoms with van der Waals surface area (Å²) in [6.07, 6.45) is 0. The summed E-state index contributed by atoms with van der Waals surface area (Å²) in [4.78, 5) is 12.0. The smallest absolute Gasteiger partial charge is 0.262 e. The molecule has 0 aliphatic rings. The molecule has 0 radical (unpaired) electrons. The van der Waals surface area contributed by atoms with Crippen molar-refractivity contribution in [1.82, 2.24) is 0 Å². The van der Waals surface area contributed by atoms with Crippen LogP contribution in [0.5, 0.6) is 17.2 Å². The van der Waals surface area contributed by atoms with E-state index >= 15 is 0 Å². The van der Waals surface area contributed by atoms with E-state index in [2.05, 4.69) is 21.2 Å². The molecule has 8 heteroatoms. The van der Waals surface area contributed by atoms with Crippen molar-refractivity contribution >= 4 is 39.1 Å². The molecule has 24 heavy (non-hydrogen) atoms. The number of hydrogen-bond acceptors (Lipinski definition) is 4. The van der Waals surface area contributed by atoms with Gasteiger partial charge in [-0.3, -0.25) is 4.79 Å². The molecule has 128 valence electrons. The van der Waals surface area contributed by atoms with Gasteiger partial charge in [0.25, 0.3) is 5.91 Å². The number of amides is 1. The molecule has 1 amide bonds. The quantitative estimate of drug-likeness (QED) is 0.761. The van der Waals surface area contributed by atoms with Crippen molar-refractivity contribution in [3.05, 3.63) is 45.6 Å². The summed E-state index contributed by atoms with van der Waals surface area (Å²) in [6.45, 7) is -0.368. The lowest BCUT2D eigenvalue weighted by Crippen LogP contribution is -2.21. The molecule has 0 atom stereocenters. The van der Waals surface area contributed by atoms with Gasteiger partial charge in [0.1, 0.15) is 11.5 Å².